The second-order valence-corrected chi connectivity index (χ2v) is 9.33. The topological polar surface area (TPSA) is 73.9 Å². The first-order valence-corrected chi connectivity index (χ1v) is 12.4. The molecule has 2 amide bonds. The normalized spacial score (nSPS) is 13.2. The van der Waals surface area contributed by atoms with Gasteiger partial charge in [0.25, 0.3) is 11.8 Å². The molecule has 0 aliphatic carbocycles. The number of carbonyl (C=O) groups is 2. The number of benzene rings is 3. The second kappa shape index (κ2) is 11.6. The van der Waals surface area contributed by atoms with Crippen LogP contribution in [0.1, 0.15) is 26.3 Å². The van der Waals surface area contributed by atoms with Gasteiger partial charge in [0.2, 0.25) is 0 Å². The Bertz CT molecular complexity index is 1340. The van der Waals surface area contributed by atoms with Gasteiger partial charge in [-0.15, -0.1) is 0 Å². The van der Waals surface area contributed by atoms with Gasteiger partial charge in [-0.2, -0.15) is 0 Å². The van der Waals surface area contributed by atoms with Crippen molar-refractivity contribution in [3.05, 3.63) is 88.2 Å². The molecule has 1 fully saturated rings. The highest BCUT2D eigenvalue weighted by Crippen LogP contribution is 2.30. The van der Waals surface area contributed by atoms with Crippen LogP contribution in [0.25, 0.3) is 0 Å². The Kier molecular flexibility index (Phi) is 8.25. The van der Waals surface area contributed by atoms with Gasteiger partial charge < -0.3 is 19.9 Å². The maximum atomic E-state index is 14.1. The minimum absolute atomic E-state index is 0.0659. The highest BCUT2D eigenvalue weighted by Gasteiger charge is 2.25. The van der Waals surface area contributed by atoms with Crippen molar-refractivity contribution in [3.63, 3.8) is 0 Å². The summed E-state index contributed by atoms with van der Waals surface area (Å²) in [4.78, 5) is 29.3. The number of thiocarbonyl (C=S) groups is 1. The number of amides is 2. The number of nitrogens with one attached hydrogen (secondary N) is 2. The number of aryl methyl sites for hydroxylation is 1. The zero-order valence-corrected chi connectivity index (χ0v) is 22.0. The van der Waals surface area contributed by atoms with Crippen molar-refractivity contribution in [3.8, 4) is 5.75 Å². The average molecular weight is 541 g/mol. The third-order valence-electron chi connectivity index (χ3n) is 6.11. The van der Waals surface area contributed by atoms with Crippen molar-refractivity contribution in [1.82, 2.24) is 10.2 Å². The van der Waals surface area contributed by atoms with Crippen LogP contribution >= 0.6 is 23.8 Å². The molecule has 37 heavy (non-hydrogen) atoms. The van der Waals surface area contributed by atoms with E-state index in [0.717, 1.165) is 11.3 Å². The highest BCUT2D eigenvalue weighted by atomic mass is 35.5. The van der Waals surface area contributed by atoms with Gasteiger partial charge in [-0.1, -0.05) is 35.9 Å². The summed E-state index contributed by atoms with van der Waals surface area (Å²) < 4.78 is 19.5. The Labute approximate surface area is 225 Å². The molecule has 4 rings (SSSR count). The molecule has 0 aromatic heterocycles. The molecule has 3 aromatic rings. The lowest BCUT2D eigenvalue weighted by molar-refractivity contribution is 0.0742. The Hall–Kier alpha value is -3.69. The van der Waals surface area contributed by atoms with E-state index in [-0.39, 0.29) is 16.6 Å². The Morgan fingerprint density at radius 3 is 2.41 bits per heavy atom. The average Bonchev–Trinajstić information content (AvgIpc) is 2.88. The summed E-state index contributed by atoms with van der Waals surface area (Å²) in [5.74, 6) is -0.781. The quantitative estimate of drug-likeness (QED) is 0.449. The van der Waals surface area contributed by atoms with Gasteiger partial charge in [0, 0.05) is 31.2 Å². The van der Waals surface area contributed by atoms with Gasteiger partial charge in [0.1, 0.15) is 11.6 Å². The Morgan fingerprint density at radius 2 is 1.70 bits per heavy atom. The largest absolute Gasteiger partial charge is 0.496 e. The summed E-state index contributed by atoms with van der Waals surface area (Å²) >= 11 is 11.7. The van der Waals surface area contributed by atoms with E-state index in [9.17, 15) is 14.0 Å². The van der Waals surface area contributed by atoms with Crippen molar-refractivity contribution in [1.29, 1.82) is 0 Å². The molecule has 1 heterocycles. The number of para-hydroxylation sites is 1. The zero-order valence-electron chi connectivity index (χ0n) is 20.4. The number of rotatable bonds is 5. The molecule has 7 nitrogen and oxygen atoms in total. The molecule has 1 saturated heterocycles. The van der Waals surface area contributed by atoms with Crippen LogP contribution < -0.4 is 20.3 Å². The number of halogens is 2. The molecule has 0 unspecified atom stereocenters. The van der Waals surface area contributed by atoms with Gasteiger partial charge in [-0.25, -0.2) is 4.39 Å². The zero-order chi connectivity index (χ0) is 26.5. The summed E-state index contributed by atoms with van der Waals surface area (Å²) in [6.07, 6.45) is 0. The van der Waals surface area contributed by atoms with E-state index in [4.69, 9.17) is 28.6 Å². The smallest absolute Gasteiger partial charge is 0.261 e. The van der Waals surface area contributed by atoms with Gasteiger partial charge in [-0.3, -0.25) is 14.9 Å². The SMILES string of the molecule is COc1c(C)cccc1C(=O)NC(=S)Nc1cc(Cl)ccc1N1CCN(C(=O)c2ccccc2F)CC1. The Balaban J connectivity index is 1.44. The summed E-state index contributed by atoms with van der Waals surface area (Å²) in [7, 11) is 1.51. The standard InChI is InChI=1S/C27H26ClFN4O3S/c1-17-6-5-8-20(24(17)36-2)25(34)31-27(37)30-22-16-18(28)10-11-23(22)32-12-14-33(15-13-32)26(35)19-7-3-4-9-21(19)29/h3-11,16H,12-15H2,1-2H3,(H2,30,31,34,37). The molecular formula is C27H26ClFN4O3S. The lowest BCUT2D eigenvalue weighted by Crippen LogP contribution is -2.49. The van der Waals surface area contributed by atoms with Gasteiger partial charge in [0.15, 0.2) is 5.11 Å². The predicted octanol–water partition coefficient (Wildman–Crippen LogP) is 4.89. The summed E-state index contributed by atoms with van der Waals surface area (Å²) in [5.41, 5.74) is 2.69. The predicted molar refractivity (Wildman–Crippen MR) is 147 cm³/mol. The van der Waals surface area contributed by atoms with Gasteiger partial charge in [-0.05, 0) is 61.1 Å². The summed E-state index contributed by atoms with van der Waals surface area (Å²) in [6.45, 7) is 3.74. The van der Waals surface area contributed by atoms with Gasteiger partial charge in [0.05, 0.1) is 29.6 Å². The number of methoxy groups -OCH3 is 1. The molecule has 0 saturated carbocycles. The molecule has 0 radical (unpaired) electrons. The number of ether oxygens (including phenoxy) is 1. The minimum atomic E-state index is -0.530. The lowest BCUT2D eigenvalue weighted by Gasteiger charge is -2.37. The fraction of sp³-hybridized carbons (Fsp3) is 0.222. The molecule has 3 aromatic carbocycles. The molecule has 1 aliphatic heterocycles. The third-order valence-corrected chi connectivity index (χ3v) is 6.55. The van der Waals surface area contributed by atoms with E-state index in [2.05, 4.69) is 15.5 Å². The fourth-order valence-corrected chi connectivity index (χ4v) is 4.64. The molecular weight excluding hydrogens is 515 g/mol. The van der Waals surface area contributed by atoms with E-state index >= 15 is 0 Å². The maximum Gasteiger partial charge on any atom is 0.261 e. The van der Waals surface area contributed by atoms with Crippen molar-refractivity contribution < 1.29 is 18.7 Å². The van der Waals surface area contributed by atoms with E-state index in [1.165, 1.54) is 19.2 Å². The third kappa shape index (κ3) is 6.00. The van der Waals surface area contributed by atoms with E-state index in [1.54, 1.807) is 41.3 Å². The fourth-order valence-electron chi connectivity index (χ4n) is 4.27. The molecule has 10 heteroatoms. The molecule has 192 valence electrons. The molecule has 2 N–H and O–H groups in total. The van der Waals surface area contributed by atoms with Crippen molar-refractivity contribution >= 4 is 52.1 Å². The van der Waals surface area contributed by atoms with Crippen LogP contribution in [0.15, 0.2) is 60.7 Å². The second-order valence-electron chi connectivity index (χ2n) is 8.48. The monoisotopic (exact) mass is 540 g/mol. The highest BCUT2D eigenvalue weighted by molar-refractivity contribution is 7.80. The Morgan fingerprint density at radius 1 is 1.00 bits per heavy atom. The first-order valence-electron chi connectivity index (χ1n) is 11.6. The number of nitrogens with zero attached hydrogens (tertiary/aromatic N) is 2. The number of hydrogen-bond acceptors (Lipinski definition) is 5. The number of piperazine rings is 1. The van der Waals surface area contributed by atoms with E-state index in [1.807, 2.05) is 19.1 Å². The maximum absolute atomic E-state index is 14.1. The first kappa shape index (κ1) is 26.4. The first-order chi connectivity index (χ1) is 17.8. The molecule has 1 aliphatic rings. The van der Waals surface area contributed by atoms with Crippen LogP contribution in [0.2, 0.25) is 5.02 Å². The van der Waals surface area contributed by atoms with E-state index in [0.29, 0.717) is 48.2 Å². The lowest BCUT2D eigenvalue weighted by atomic mass is 10.1. The van der Waals surface area contributed by atoms with Crippen molar-refractivity contribution in [2.24, 2.45) is 0 Å². The van der Waals surface area contributed by atoms with Crippen LogP contribution in [0.3, 0.4) is 0 Å². The summed E-state index contributed by atoms with van der Waals surface area (Å²) in [6, 6.07) is 16.6. The van der Waals surface area contributed by atoms with Crippen LogP contribution in [0, 0.1) is 12.7 Å². The summed E-state index contributed by atoms with van der Waals surface area (Å²) in [5, 5.41) is 6.36. The van der Waals surface area contributed by atoms with Crippen LogP contribution in [-0.2, 0) is 0 Å². The van der Waals surface area contributed by atoms with E-state index < -0.39 is 11.7 Å². The van der Waals surface area contributed by atoms with Crippen molar-refractivity contribution in [2.75, 3.05) is 43.5 Å². The van der Waals surface area contributed by atoms with Crippen LogP contribution in [-0.4, -0.2) is 55.1 Å². The number of anilines is 2. The number of carbonyl (C=O) groups excluding carboxylic acids is 2. The molecule has 0 spiro atoms. The minimum Gasteiger partial charge on any atom is -0.496 e. The molecule has 0 atom stereocenters. The van der Waals surface area contributed by atoms with Gasteiger partial charge >= 0.3 is 0 Å². The van der Waals surface area contributed by atoms with Crippen LogP contribution in [0.5, 0.6) is 5.75 Å². The number of hydrogen-bond donors (Lipinski definition) is 2. The molecule has 0 bridgehead atoms. The van der Waals surface area contributed by atoms with Crippen molar-refractivity contribution in [2.45, 2.75) is 6.92 Å². The van der Waals surface area contributed by atoms with Crippen LogP contribution in [0.4, 0.5) is 15.8 Å².